The van der Waals surface area contributed by atoms with Crippen LogP contribution in [0, 0.1) is 18.3 Å². The van der Waals surface area contributed by atoms with Gasteiger partial charge in [0.05, 0.1) is 23.5 Å². The Bertz CT molecular complexity index is 765. The number of nitrogens with zero attached hydrogens (tertiary/aromatic N) is 3. The largest absolute Gasteiger partial charge is 0.295 e. The van der Waals surface area contributed by atoms with E-state index in [-0.39, 0.29) is 12.0 Å². The predicted molar refractivity (Wildman–Crippen MR) is 77.1 cm³/mol. The summed E-state index contributed by atoms with van der Waals surface area (Å²) >= 11 is 0. The number of aryl methyl sites for hydroxylation is 1. The van der Waals surface area contributed by atoms with Crippen LogP contribution in [0.3, 0.4) is 0 Å². The van der Waals surface area contributed by atoms with E-state index in [0.29, 0.717) is 16.9 Å². The second-order valence-electron chi connectivity index (χ2n) is 4.25. The highest BCUT2D eigenvalue weighted by atomic mass is 16.2. The number of aromatic nitrogens is 2. The molecule has 0 saturated carbocycles. The Morgan fingerprint density at radius 3 is 2.86 bits per heavy atom. The van der Waals surface area contributed by atoms with Gasteiger partial charge in [-0.2, -0.15) is 10.4 Å². The zero-order valence-electron chi connectivity index (χ0n) is 11.3. The monoisotopic (exact) mass is 283 g/mol. The fourth-order valence-corrected chi connectivity index (χ4v) is 1.75. The lowest BCUT2D eigenvalue weighted by Gasteiger charge is -1.99. The number of carbonyl (C=O) groups is 1. The van der Waals surface area contributed by atoms with Crippen molar-refractivity contribution in [2.75, 3.05) is 0 Å². The summed E-state index contributed by atoms with van der Waals surface area (Å²) in [5.74, 6) is -0.523. The topological polar surface area (TPSA) is 103 Å². The van der Waals surface area contributed by atoms with E-state index in [1.54, 1.807) is 25.1 Å². The van der Waals surface area contributed by atoms with Crippen LogP contribution in [-0.4, -0.2) is 21.9 Å². The zero-order valence-corrected chi connectivity index (χ0v) is 11.3. The van der Waals surface area contributed by atoms with Crippen molar-refractivity contribution in [3.63, 3.8) is 0 Å². The first-order valence-corrected chi connectivity index (χ1v) is 6.19. The summed E-state index contributed by atoms with van der Waals surface area (Å²) < 4.78 is 1.40. The lowest BCUT2D eigenvalue weighted by atomic mass is 10.3. The van der Waals surface area contributed by atoms with Crippen LogP contribution in [0.15, 0.2) is 40.2 Å². The van der Waals surface area contributed by atoms with Gasteiger partial charge in [-0.1, -0.05) is 18.2 Å². The molecule has 7 nitrogen and oxygen atoms in total. The molecule has 106 valence electrons. The van der Waals surface area contributed by atoms with Crippen molar-refractivity contribution in [1.29, 1.82) is 5.26 Å². The third-order valence-corrected chi connectivity index (χ3v) is 2.75. The van der Waals surface area contributed by atoms with E-state index < -0.39 is 5.91 Å². The number of para-hydroxylation sites is 1. The van der Waals surface area contributed by atoms with Gasteiger partial charge in [0, 0.05) is 5.69 Å². The van der Waals surface area contributed by atoms with Gasteiger partial charge >= 0.3 is 0 Å². The maximum absolute atomic E-state index is 12.3. The fraction of sp³-hybridized carbons (Fsp3) is 0.143. The number of nitrogens with one attached hydrogen (secondary N) is 2. The second kappa shape index (κ2) is 6.34. The van der Waals surface area contributed by atoms with Crippen molar-refractivity contribution in [2.45, 2.75) is 13.3 Å². The molecule has 2 rings (SSSR count). The van der Waals surface area contributed by atoms with Crippen LogP contribution >= 0.6 is 0 Å². The summed E-state index contributed by atoms with van der Waals surface area (Å²) in [6.07, 6.45) is 0.987. The van der Waals surface area contributed by atoms with Crippen LogP contribution in [0.25, 0.3) is 5.69 Å². The molecule has 0 unspecified atom stereocenters. The smallest absolute Gasteiger partial charge is 0.280 e. The highest BCUT2D eigenvalue weighted by Gasteiger charge is 2.10. The standard InChI is InChI=1S/C14H13N5O2/c1-10-12(9-16-17-13(20)7-8-15)14(21)19(18-10)11-5-3-2-4-6-11/h2-6,9,18H,7H2,1H3,(H,17,20). The Hall–Kier alpha value is -3.14. The zero-order chi connectivity index (χ0) is 15.2. The van der Waals surface area contributed by atoms with Gasteiger partial charge in [-0.15, -0.1) is 0 Å². The predicted octanol–water partition coefficient (Wildman–Crippen LogP) is 0.838. The molecule has 0 saturated heterocycles. The molecule has 1 amide bonds. The Labute approximate surface area is 120 Å². The van der Waals surface area contributed by atoms with Crippen molar-refractivity contribution < 1.29 is 4.79 Å². The maximum Gasteiger partial charge on any atom is 0.280 e. The van der Waals surface area contributed by atoms with E-state index in [1.165, 1.54) is 10.9 Å². The Kier molecular flexibility index (Phi) is 4.31. The number of amides is 1. The molecule has 1 aromatic heterocycles. The molecule has 2 N–H and O–H groups in total. The number of H-pyrrole nitrogens is 1. The number of benzene rings is 1. The number of rotatable bonds is 4. The molecule has 2 aromatic rings. The minimum Gasteiger partial charge on any atom is -0.295 e. The minimum absolute atomic E-state index is 0.267. The molecule has 0 spiro atoms. The quantitative estimate of drug-likeness (QED) is 0.641. The summed E-state index contributed by atoms with van der Waals surface area (Å²) in [5, 5.41) is 15.0. The van der Waals surface area contributed by atoms with E-state index in [2.05, 4.69) is 15.6 Å². The number of aromatic amines is 1. The van der Waals surface area contributed by atoms with Gasteiger partial charge < -0.3 is 0 Å². The van der Waals surface area contributed by atoms with Crippen LogP contribution in [0.2, 0.25) is 0 Å². The van der Waals surface area contributed by atoms with Crippen molar-refractivity contribution in [3.8, 4) is 11.8 Å². The molecule has 1 aromatic carbocycles. The van der Waals surface area contributed by atoms with Crippen molar-refractivity contribution >= 4 is 12.1 Å². The summed E-state index contributed by atoms with van der Waals surface area (Å²) in [6, 6.07) is 10.8. The number of hydrazone groups is 1. The van der Waals surface area contributed by atoms with E-state index in [9.17, 15) is 9.59 Å². The molecular formula is C14H13N5O2. The second-order valence-corrected chi connectivity index (χ2v) is 4.25. The Morgan fingerprint density at radius 2 is 2.19 bits per heavy atom. The van der Waals surface area contributed by atoms with Crippen LogP contribution in [0.4, 0.5) is 0 Å². The molecule has 0 atom stereocenters. The molecular weight excluding hydrogens is 270 g/mol. The van der Waals surface area contributed by atoms with Gasteiger partial charge in [0.25, 0.3) is 11.5 Å². The average Bonchev–Trinajstić information content (AvgIpc) is 2.76. The van der Waals surface area contributed by atoms with Gasteiger partial charge in [0.2, 0.25) is 0 Å². The third kappa shape index (κ3) is 3.25. The summed E-state index contributed by atoms with van der Waals surface area (Å²) in [6.45, 7) is 1.74. The normalized spacial score (nSPS) is 10.5. The highest BCUT2D eigenvalue weighted by Crippen LogP contribution is 2.05. The minimum atomic E-state index is -0.523. The van der Waals surface area contributed by atoms with Crippen LogP contribution in [0.1, 0.15) is 17.7 Å². The molecule has 0 bridgehead atoms. The molecule has 0 fully saturated rings. The molecule has 0 radical (unpaired) electrons. The van der Waals surface area contributed by atoms with Crippen LogP contribution in [0.5, 0.6) is 0 Å². The number of hydrogen-bond donors (Lipinski definition) is 2. The van der Waals surface area contributed by atoms with Gasteiger partial charge in [0.1, 0.15) is 6.42 Å². The molecule has 0 aliphatic carbocycles. The maximum atomic E-state index is 12.3. The fourth-order valence-electron chi connectivity index (χ4n) is 1.75. The lowest BCUT2D eigenvalue weighted by Crippen LogP contribution is -2.19. The SMILES string of the molecule is Cc1[nH]n(-c2ccccc2)c(=O)c1C=NNC(=O)CC#N. The average molecular weight is 283 g/mol. The first kappa shape index (κ1) is 14.3. The summed E-state index contributed by atoms with van der Waals surface area (Å²) in [5.41, 5.74) is 3.59. The molecule has 21 heavy (non-hydrogen) atoms. The third-order valence-electron chi connectivity index (χ3n) is 2.75. The lowest BCUT2D eigenvalue weighted by molar-refractivity contribution is -0.120. The van der Waals surface area contributed by atoms with Gasteiger partial charge in [-0.3, -0.25) is 14.7 Å². The molecule has 0 aliphatic heterocycles. The summed E-state index contributed by atoms with van der Waals surface area (Å²) in [4.78, 5) is 23.4. The van der Waals surface area contributed by atoms with Gasteiger partial charge in [0.15, 0.2) is 0 Å². The Morgan fingerprint density at radius 1 is 1.48 bits per heavy atom. The number of nitriles is 1. The van der Waals surface area contributed by atoms with E-state index in [4.69, 9.17) is 5.26 Å². The molecule has 0 aliphatic rings. The van der Waals surface area contributed by atoms with Crippen LogP contribution < -0.4 is 11.0 Å². The van der Waals surface area contributed by atoms with Gasteiger partial charge in [-0.05, 0) is 19.1 Å². The number of hydrogen-bond acceptors (Lipinski definition) is 4. The van der Waals surface area contributed by atoms with Gasteiger partial charge in [-0.25, -0.2) is 10.1 Å². The first-order valence-electron chi connectivity index (χ1n) is 6.19. The van der Waals surface area contributed by atoms with E-state index >= 15 is 0 Å². The molecule has 7 heteroatoms. The first-order chi connectivity index (χ1) is 10.1. The highest BCUT2D eigenvalue weighted by molar-refractivity contribution is 5.83. The van der Waals surface area contributed by atoms with Crippen molar-refractivity contribution in [2.24, 2.45) is 5.10 Å². The molecule has 1 heterocycles. The van der Waals surface area contributed by atoms with Crippen molar-refractivity contribution in [1.82, 2.24) is 15.2 Å². The Balaban J connectivity index is 2.25. The van der Waals surface area contributed by atoms with Crippen molar-refractivity contribution in [3.05, 3.63) is 51.9 Å². The summed E-state index contributed by atoms with van der Waals surface area (Å²) in [7, 11) is 0. The van der Waals surface area contributed by atoms with Crippen LogP contribution in [-0.2, 0) is 4.79 Å². The van der Waals surface area contributed by atoms with E-state index in [0.717, 1.165) is 0 Å². The van der Waals surface area contributed by atoms with E-state index in [1.807, 2.05) is 18.2 Å². The number of carbonyl (C=O) groups excluding carboxylic acids is 1.